The number of nitrogens with one attached hydrogen (secondary N) is 1. The number of nitro benzene ring substituents is 1. The van der Waals surface area contributed by atoms with E-state index in [1.165, 1.54) is 0 Å². The van der Waals surface area contributed by atoms with Gasteiger partial charge in [0.05, 0.1) is 11.0 Å². The lowest BCUT2D eigenvalue weighted by molar-refractivity contribution is -0.384. The van der Waals surface area contributed by atoms with E-state index in [4.69, 9.17) is 0 Å². The van der Waals surface area contributed by atoms with Crippen LogP contribution in [0, 0.1) is 16.0 Å². The zero-order chi connectivity index (χ0) is 14.7. The fourth-order valence-electron chi connectivity index (χ4n) is 2.71. The Morgan fingerprint density at radius 3 is 2.75 bits per heavy atom. The summed E-state index contributed by atoms with van der Waals surface area (Å²) in [5.41, 5.74) is 1.68. The standard InChI is InChI=1S/C14H21N3O3/c1-15-13-7-10(3-4-14(13)17(19)20)8-16(2)9-11-5-12(18)6-11/h3-4,7,11-12,15,18H,5-6,8-9H2,1-2H3. The molecular formula is C14H21N3O3. The van der Waals surface area contributed by atoms with Gasteiger partial charge in [-0.1, -0.05) is 6.07 Å². The van der Waals surface area contributed by atoms with Crippen LogP contribution < -0.4 is 5.32 Å². The third kappa shape index (κ3) is 3.46. The number of hydrogen-bond acceptors (Lipinski definition) is 5. The van der Waals surface area contributed by atoms with Crippen molar-refractivity contribution in [2.45, 2.75) is 25.5 Å². The molecule has 0 radical (unpaired) electrons. The van der Waals surface area contributed by atoms with Crippen LogP contribution in [0.5, 0.6) is 0 Å². The Labute approximate surface area is 118 Å². The lowest BCUT2D eigenvalue weighted by atomic mass is 9.82. The fraction of sp³-hybridized carbons (Fsp3) is 0.571. The van der Waals surface area contributed by atoms with Gasteiger partial charge < -0.3 is 15.3 Å². The molecule has 0 aromatic heterocycles. The van der Waals surface area contributed by atoms with Crippen molar-refractivity contribution in [2.75, 3.05) is 26.0 Å². The highest BCUT2D eigenvalue weighted by atomic mass is 16.6. The number of nitrogens with zero attached hydrogens (tertiary/aromatic N) is 2. The van der Waals surface area contributed by atoms with Crippen molar-refractivity contribution in [3.8, 4) is 0 Å². The molecule has 110 valence electrons. The Morgan fingerprint density at radius 2 is 2.20 bits per heavy atom. The van der Waals surface area contributed by atoms with Gasteiger partial charge in [-0.05, 0) is 37.4 Å². The predicted octanol–water partition coefficient (Wildman–Crippen LogP) is 1.84. The molecule has 0 amide bonds. The second-order valence-corrected chi connectivity index (χ2v) is 5.55. The lowest BCUT2D eigenvalue weighted by Gasteiger charge is -2.34. The summed E-state index contributed by atoms with van der Waals surface area (Å²) in [6, 6.07) is 5.16. The quantitative estimate of drug-likeness (QED) is 0.613. The zero-order valence-corrected chi connectivity index (χ0v) is 11.9. The number of hydrogen-bond donors (Lipinski definition) is 2. The molecule has 1 fully saturated rings. The fourth-order valence-corrected chi connectivity index (χ4v) is 2.71. The summed E-state index contributed by atoms with van der Waals surface area (Å²) >= 11 is 0. The second-order valence-electron chi connectivity index (χ2n) is 5.55. The first-order valence-corrected chi connectivity index (χ1v) is 6.81. The van der Waals surface area contributed by atoms with Crippen molar-refractivity contribution in [1.29, 1.82) is 0 Å². The largest absolute Gasteiger partial charge is 0.393 e. The molecule has 0 saturated heterocycles. The minimum Gasteiger partial charge on any atom is -0.393 e. The first kappa shape index (κ1) is 14.7. The number of aliphatic hydroxyl groups is 1. The highest BCUT2D eigenvalue weighted by molar-refractivity contribution is 5.62. The van der Waals surface area contributed by atoms with Crippen LogP contribution in [0.15, 0.2) is 18.2 Å². The van der Waals surface area contributed by atoms with E-state index in [0.717, 1.165) is 31.5 Å². The van der Waals surface area contributed by atoms with Gasteiger partial charge in [-0.15, -0.1) is 0 Å². The molecule has 1 aromatic rings. The first-order chi connectivity index (χ1) is 9.49. The van der Waals surface area contributed by atoms with Gasteiger partial charge in [-0.2, -0.15) is 0 Å². The van der Waals surface area contributed by atoms with Gasteiger partial charge in [-0.25, -0.2) is 0 Å². The number of rotatable bonds is 6. The van der Waals surface area contributed by atoms with E-state index in [0.29, 0.717) is 11.6 Å². The van der Waals surface area contributed by atoms with Gasteiger partial charge in [0.15, 0.2) is 0 Å². The molecule has 0 atom stereocenters. The Morgan fingerprint density at radius 1 is 1.50 bits per heavy atom. The van der Waals surface area contributed by atoms with Crippen LogP contribution >= 0.6 is 0 Å². The molecular weight excluding hydrogens is 258 g/mol. The molecule has 6 nitrogen and oxygen atoms in total. The molecule has 2 rings (SSSR count). The smallest absolute Gasteiger partial charge is 0.292 e. The third-order valence-corrected chi connectivity index (χ3v) is 3.76. The SMILES string of the molecule is CNc1cc(CN(C)CC2CC(O)C2)ccc1[N+](=O)[O-]. The summed E-state index contributed by atoms with van der Waals surface area (Å²) in [4.78, 5) is 12.7. The van der Waals surface area contributed by atoms with Crippen LogP contribution in [0.3, 0.4) is 0 Å². The van der Waals surface area contributed by atoms with Crippen LogP contribution in [0.4, 0.5) is 11.4 Å². The molecule has 0 bridgehead atoms. The zero-order valence-electron chi connectivity index (χ0n) is 11.9. The van der Waals surface area contributed by atoms with Crippen LogP contribution in [0.25, 0.3) is 0 Å². The number of aliphatic hydroxyl groups excluding tert-OH is 1. The average Bonchev–Trinajstić information content (AvgIpc) is 2.36. The minimum atomic E-state index is -0.380. The second kappa shape index (κ2) is 6.19. The highest BCUT2D eigenvalue weighted by Gasteiger charge is 2.27. The van der Waals surface area contributed by atoms with E-state index in [9.17, 15) is 15.2 Å². The number of nitro groups is 1. The summed E-state index contributed by atoms with van der Waals surface area (Å²) in [6.07, 6.45) is 1.64. The first-order valence-electron chi connectivity index (χ1n) is 6.81. The summed E-state index contributed by atoms with van der Waals surface area (Å²) in [7, 11) is 3.72. The molecule has 0 heterocycles. The van der Waals surface area contributed by atoms with Crippen molar-refractivity contribution in [1.82, 2.24) is 4.90 Å². The summed E-state index contributed by atoms with van der Waals surface area (Å²) in [5.74, 6) is 0.566. The average molecular weight is 279 g/mol. The molecule has 0 unspecified atom stereocenters. The highest BCUT2D eigenvalue weighted by Crippen LogP contribution is 2.29. The van der Waals surface area contributed by atoms with Crippen LogP contribution in [-0.2, 0) is 6.54 Å². The Hall–Kier alpha value is -1.66. The van der Waals surface area contributed by atoms with Crippen molar-refractivity contribution in [3.05, 3.63) is 33.9 Å². The molecule has 1 aromatic carbocycles. The van der Waals surface area contributed by atoms with E-state index in [-0.39, 0.29) is 16.7 Å². The van der Waals surface area contributed by atoms with Gasteiger partial charge in [0, 0.05) is 26.2 Å². The topological polar surface area (TPSA) is 78.6 Å². The van der Waals surface area contributed by atoms with Crippen molar-refractivity contribution in [2.24, 2.45) is 5.92 Å². The molecule has 1 aliphatic carbocycles. The monoisotopic (exact) mass is 279 g/mol. The maximum atomic E-state index is 10.9. The van der Waals surface area contributed by atoms with Gasteiger partial charge in [0.1, 0.15) is 5.69 Å². The molecule has 2 N–H and O–H groups in total. The maximum absolute atomic E-state index is 10.9. The van der Waals surface area contributed by atoms with Crippen LogP contribution in [-0.4, -0.2) is 41.7 Å². The van der Waals surface area contributed by atoms with Gasteiger partial charge in [-0.3, -0.25) is 10.1 Å². The van der Waals surface area contributed by atoms with E-state index in [2.05, 4.69) is 10.2 Å². The summed E-state index contributed by atoms with van der Waals surface area (Å²) < 4.78 is 0. The van der Waals surface area contributed by atoms with Crippen molar-refractivity contribution >= 4 is 11.4 Å². The summed E-state index contributed by atoms with van der Waals surface area (Å²) in [6.45, 7) is 1.70. The minimum absolute atomic E-state index is 0.0982. The van der Waals surface area contributed by atoms with E-state index >= 15 is 0 Å². The van der Waals surface area contributed by atoms with E-state index in [1.54, 1.807) is 19.2 Å². The normalized spacial score (nSPS) is 21.6. The summed E-state index contributed by atoms with van der Waals surface area (Å²) in [5, 5.41) is 23.0. The third-order valence-electron chi connectivity index (χ3n) is 3.76. The Kier molecular flexibility index (Phi) is 4.57. The van der Waals surface area contributed by atoms with Gasteiger partial charge in [0.2, 0.25) is 0 Å². The molecule has 1 saturated carbocycles. The Balaban J connectivity index is 1.96. The molecule has 6 heteroatoms. The molecule has 0 spiro atoms. The number of anilines is 1. The van der Waals surface area contributed by atoms with Gasteiger partial charge >= 0.3 is 0 Å². The van der Waals surface area contributed by atoms with Gasteiger partial charge in [0.25, 0.3) is 5.69 Å². The van der Waals surface area contributed by atoms with Crippen LogP contribution in [0.1, 0.15) is 18.4 Å². The van der Waals surface area contributed by atoms with E-state index in [1.807, 2.05) is 13.1 Å². The molecule has 20 heavy (non-hydrogen) atoms. The Bertz CT molecular complexity index is 487. The van der Waals surface area contributed by atoms with E-state index < -0.39 is 0 Å². The van der Waals surface area contributed by atoms with Crippen molar-refractivity contribution < 1.29 is 10.0 Å². The molecule has 0 aliphatic heterocycles. The number of benzene rings is 1. The molecule has 1 aliphatic rings. The van der Waals surface area contributed by atoms with Crippen molar-refractivity contribution in [3.63, 3.8) is 0 Å². The van der Waals surface area contributed by atoms with Crippen LogP contribution in [0.2, 0.25) is 0 Å². The predicted molar refractivity (Wildman–Crippen MR) is 77.7 cm³/mol. The maximum Gasteiger partial charge on any atom is 0.292 e. The lowest BCUT2D eigenvalue weighted by Crippen LogP contribution is -2.36.